The fourth-order valence-electron chi connectivity index (χ4n) is 3.78. The first-order valence-corrected chi connectivity index (χ1v) is 9.61. The number of rotatable bonds is 4. The number of ether oxygens (including phenoxy) is 1. The lowest BCUT2D eigenvalue weighted by molar-refractivity contribution is -0.149. The van der Waals surface area contributed by atoms with Gasteiger partial charge in [0.15, 0.2) is 0 Å². The van der Waals surface area contributed by atoms with Gasteiger partial charge in [0, 0.05) is 24.4 Å². The van der Waals surface area contributed by atoms with Crippen LogP contribution in [0.1, 0.15) is 53.2 Å². The maximum Gasteiger partial charge on any atom is 0.345 e. The second-order valence-corrected chi connectivity index (χ2v) is 8.45. The Hall–Kier alpha value is -1.44. The molecular weight excluding hydrogens is 342 g/mol. The zero-order chi connectivity index (χ0) is 18.2. The van der Waals surface area contributed by atoms with Crippen LogP contribution in [-0.2, 0) is 21.6 Å². The summed E-state index contributed by atoms with van der Waals surface area (Å²) >= 11 is 1.33. The highest BCUT2D eigenvalue weighted by Crippen LogP contribution is 2.44. The van der Waals surface area contributed by atoms with Crippen molar-refractivity contribution in [1.29, 1.82) is 0 Å². The maximum absolute atomic E-state index is 12.4. The van der Waals surface area contributed by atoms with Crippen molar-refractivity contribution >= 4 is 23.2 Å². The van der Waals surface area contributed by atoms with Gasteiger partial charge in [-0.25, -0.2) is 4.79 Å². The van der Waals surface area contributed by atoms with E-state index < -0.39 is 17.7 Å². The number of carboxylic acid groups (broad SMARTS) is 1. The average Bonchev–Trinajstić information content (AvgIpc) is 3.01. The third kappa shape index (κ3) is 3.59. The van der Waals surface area contributed by atoms with E-state index in [0.29, 0.717) is 43.8 Å². The van der Waals surface area contributed by atoms with Crippen molar-refractivity contribution in [2.75, 3.05) is 19.7 Å². The summed E-state index contributed by atoms with van der Waals surface area (Å²) < 4.78 is 6.09. The van der Waals surface area contributed by atoms with Gasteiger partial charge in [-0.15, -0.1) is 11.3 Å². The Morgan fingerprint density at radius 2 is 2.04 bits per heavy atom. The van der Waals surface area contributed by atoms with Gasteiger partial charge in [-0.1, -0.05) is 13.8 Å². The molecule has 1 saturated heterocycles. The average molecular weight is 367 g/mol. The van der Waals surface area contributed by atoms with Gasteiger partial charge in [-0.3, -0.25) is 4.79 Å². The SMILES string of the molecule is CC(C)CC(O)C(=O)N1CCC2(CC1)OCCc1sc(C(=O)O)cc12. The Kier molecular flexibility index (Phi) is 5.18. The highest BCUT2D eigenvalue weighted by molar-refractivity contribution is 7.14. The summed E-state index contributed by atoms with van der Waals surface area (Å²) in [5, 5.41) is 19.3. The number of likely N-dealkylation sites (tertiary alicyclic amines) is 1. The van der Waals surface area contributed by atoms with Gasteiger partial charge in [-0.2, -0.15) is 0 Å². The second kappa shape index (κ2) is 7.05. The summed E-state index contributed by atoms with van der Waals surface area (Å²) in [4.78, 5) is 26.8. The Balaban J connectivity index is 1.72. The van der Waals surface area contributed by atoms with Crippen LogP contribution in [0.3, 0.4) is 0 Å². The highest BCUT2D eigenvalue weighted by atomic mass is 32.1. The molecule has 138 valence electrons. The Morgan fingerprint density at radius 1 is 1.36 bits per heavy atom. The van der Waals surface area contributed by atoms with Crippen LogP contribution < -0.4 is 0 Å². The van der Waals surface area contributed by atoms with Crippen LogP contribution >= 0.6 is 11.3 Å². The minimum atomic E-state index is -0.948. The Labute approximate surface area is 151 Å². The zero-order valence-electron chi connectivity index (χ0n) is 14.7. The zero-order valence-corrected chi connectivity index (χ0v) is 15.5. The second-order valence-electron chi connectivity index (χ2n) is 7.32. The van der Waals surface area contributed by atoms with Crippen LogP contribution in [0.5, 0.6) is 0 Å². The number of aliphatic hydroxyl groups is 1. The molecule has 2 aliphatic rings. The molecule has 0 radical (unpaired) electrons. The first-order valence-electron chi connectivity index (χ1n) is 8.80. The molecule has 0 aromatic carbocycles. The molecule has 1 fully saturated rings. The van der Waals surface area contributed by atoms with Crippen molar-refractivity contribution < 1.29 is 24.5 Å². The van der Waals surface area contributed by atoms with Crippen molar-refractivity contribution in [3.63, 3.8) is 0 Å². The molecule has 1 amide bonds. The Bertz CT molecular complexity index is 660. The first-order chi connectivity index (χ1) is 11.8. The van der Waals surface area contributed by atoms with E-state index in [1.807, 2.05) is 13.8 Å². The molecule has 1 aromatic heterocycles. The van der Waals surface area contributed by atoms with Crippen LogP contribution in [0.15, 0.2) is 6.07 Å². The topological polar surface area (TPSA) is 87.1 Å². The number of hydrogen-bond acceptors (Lipinski definition) is 5. The van der Waals surface area contributed by atoms with Crippen molar-refractivity contribution in [1.82, 2.24) is 4.90 Å². The number of carboxylic acids is 1. The predicted octanol–water partition coefficient (Wildman–Crippen LogP) is 2.24. The van der Waals surface area contributed by atoms with E-state index in [1.165, 1.54) is 11.3 Å². The minimum Gasteiger partial charge on any atom is -0.477 e. The van der Waals surface area contributed by atoms with Gasteiger partial charge >= 0.3 is 5.97 Å². The number of aliphatic hydroxyl groups excluding tert-OH is 1. The lowest BCUT2D eigenvalue weighted by Gasteiger charge is -2.44. The van der Waals surface area contributed by atoms with Crippen LogP contribution in [0.2, 0.25) is 0 Å². The van der Waals surface area contributed by atoms with Crippen LogP contribution in [-0.4, -0.2) is 52.8 Å². The van der Waals surface area contributed by atoms with Gasteiger partial charge in [0.25, 0.3) is 5.91 Å². The molecular formula is C18H25NO5S. The molecule has 1 aromatic rings. The number of nitrogens with zero attached hydrogens (tertiary/aromatic N) is 1. The molecule has 1 atom stereocenters. The van der Waals surface area contributed by atoms with Crippen LogP contribution in [0.25, 0.3) is 0 Å². The number of fused-ring (bicyclic) bond motifs is 2. The van der Waals surface area contributed by atoms with Gasteiger partial charge in [-0.05, 0) is 36.8 Å². The molecule has 0 saturated carbocycles. The van der Waals surface area contributed by atoms with Gasteiger partial charge in [0.1, 0.15) is 11.0 Å². The van der Waals surface area contributed by atoms with Gasteiger partial charge < -0.3 is 19.8 Å². The number of carbonyl (C=O) groups is 2. The lowest BCUT2D eigenvalue weighted by atomic mass is 9.82. The maximum atomic E-state index is 12.4. The number of thiophene rings is 1. The minimum absolute atomic E-state index is 0.212. The third-order valence-corrected chi connectivity index (χ3v) is 6.26. The van der Waals surface area contributed by atoms with Crippen molar-refractivity contribution in [2.45, 2.75) is 51.2 Å². The van der Waals surface area contributed by atoms with Crippen molar-refractivity contribution in [2.24, 2.45) is 5.92 Å². The van der Waals surface area contributed by atoms with Gasteiger partial charge in [0.2, 0.25) is 0 Å². The molecule has 7 heteroatoms. The van der Waals surface area contributed by atoms with E-state index in [4.69, 9.17) is 4.74 Å². The van der Waals surface area contributed by atoms with E-state index in [-0.39, 0.29) is 11.8 Å². The number of aromatic carboxylic acids is 1. The van der Waals surface area contributed by atoms with E-state index in [2.05, 4.69) is 0 Å². The van der Waals surface area contributed by atoms with E-state index in [0.717, 1.165) is 16.9 Å². The smallest absolute Gasteiger partial charge is 0.345 e. The standard InChI is InChI=1S/C18H25NO5S/c1-11(2)9-13(20)16(21)19-6-4-18(5-7-19)12-10-15(17(22)23)25-14(12)3-8-24-18/h10-11,13,20H,3-9H2,1-2H3,(H,22,23). The van der Waals surface area contributed by atoms with Gasteiger partial charge in [0.05, 0.1) is 12.2 Å². The molecule has 0 bridgehead atoms. The first kappa shape index (κ1) is 18.4. The fourth-order valence-corrected chi connectivity index (χ4v) is 4.85. The van der Waals surface area contributed by atoms with Crippen LogP contribution in [0, 0.1) is 5.92 Å². The lowest BCUT2D eigenvalue weighted by Crippen LogP contribution is -2.50. The number of hydrogen-bond donors (Lipinski definition) is 2. The summed E-state index contributed by atoms with van der Waals surface area (Å²) in [6.45, 7) is 5.58. The van der Waals surface area contributed by atoms with E-state index >= 15 is 0 Å². The molecule has 3 rings (SSSR count). The molecule has 6 nitrogen and oxygen atoms in total. The summed E-state index contributed by atoms with van der Waals surface area (Å²) in [6.07, 6.45) is 1.53. The summed E-state index contributed by atoms with van der Waals surface area (Å²) in [5.41, 5.74) is 0.494. The monoisotopic (exact) mass is 367 g/mol. The summed E-state index contributed by atoms with van der Waals surface area (Å²) in [5.74, 6) is -0.852. The Morgan fingerprint density at radius 3 is 2.64 bits per heavy atom. The normalized spacial score (nSPS) is 20.6. The third-order valence-electron chi connectivity index (χ3n) is 5.08. The molecule has 2 aliphatic heterocycles. The highest BCUT2D eigenvalue weighted by Gasteiger charge is 2.43. The van der Waals surface area contributed by atoms with E-state index in [9.17, 15) is 19.8 Å². The van der Waals surface area contributed by atoms with Crippen molar-refractivity contribution in [3.05, 3.63) is 21.4 Å². The molecule has 1 unspecified atom stereocenters. The molecule has 0 aliphatic carbocycles. The molecule has 2 N–H and O–H groups in total. The van der Waals surface area contributed by atoms with Crippen molar-refractivity contribution in [3.8, 4) is 0 Å². The summed E-state index contributed by atoms with van der Waals surface area (Å²) in [6, 6.07) is 1.74. The van der Waals surface area contributed by atoms with E-state index in [1.54, 1.807) is 11.0 Å². The predicted molar refractivity (Wildman–Crippen MR) is 93.9 cm³/mol. The number of amides is 1. The van der Waals surface area contributed by atoms with Crippen LogP contribution in [0.4, 0.5) is 0 Å². The molecule has 25 heavy (non-hydrogen) atoms. The molecule has 1 spiro atoms. The number of carbonyl (C=O) groups excluding carboxylic acids is 1. The quantitative estimate of drug-likeness (QED) is 0.852. The number of piperidine rings is 1. The summed E-state index contributed by atoms with van der Waals surface area (Å²) in [7, 11) is 0. The largest absolute Gasteiger partial charge is 0.477 e. The fraction of sp³-hybridized carbons (Fsp3) is 0.667. The molecule has 3 heterocycles.